The largest absolute Gasteiger partial charge is 0.573 e. The summed E-state index contributed by atoms with van der Waals surface area (Å²) in [5, 5.41) is 9.27. The van der Waals surface area contributed by atoms with Gasteiger partial charge in [0.1, 0.15) is 5.75 Å². The fourth-order valence-electron chi connectivity index (χ4n) is 3.30. The van der Waals surface area contributed by atoms with Crippen molar-refractivity contribution < 1.29 is 22.7 Å². The molecule has 0 bridgehead atoms. The highest BCUT2D eigenvalue weighted by molar-refractivity contribution is 5.87. The van der Waals surface area contributed by atoms with Gasteiger partial charge in [-0.3, -0.25) is 4.79 Å². The Balaban J connectivity index is 2.44. The van der Waals surface area contributed by atoms with Crippen molar-refractivity contribution in [3.63, 3.8) is 0 Å². The van der Waals surface area contributed by atoms with Gasteiger partial charge in [0, 0.05) is 0 Å². The Morgan fingerprint density at radius 3 is 2.29 bits per heavy atom. The number of benzene rings is 2. The van der Waals surface area contributed by atoms with E-state index in [4.69, 9.17) is 5.73 Å². The molecule has 0 aliphatic carbocycles. The molecule has 2 aromatic rings. The molecule has 4 nitrogen and oxygen atoms in total. The van der Waals surface area contributed by atoms with E-state index in [0.29, 0.717) is 23.1 Å². The Hall–Kier alpha value is -3.01. The number of hydrogen-bond acceptors (Lipinski definition) is 3. The fourth-order valence-corrected chi connectivity index (χ4v) is 3.30. The van der Waals surface area contributed by atoms with E-state index >= 15 is 0 Å². The van der Waals surface area contributed by atoms with Crippen molar-refractivity contribution in [1.29, 1.82) is 5.26 Å². The third-order valence-corrected chi connectivity index (χ3v) is 4.45. The second-order valence-electron chi connectivity index (χ2n) is 7.03. The second kappa shape index (κ2) is 8.34. The summed E-state index contributed by atoms with van der Waals surface area (Å²) in [5.74, 6) is -0.764. The predicted octanol–water partition coefficient (Wildman–Crippen LogP) is 4.94. The van der Waals surface area contributed by atoms with Crippen LogP contribution in [0.5, 0.6) is 5.75 Å². The molecular formula is C21H21F3N2O2. The molecule has 7 heteroatoms. The summed E-state index contributed by atoms with van der Waals surface area (Å²) in [4.78, 5) is 12.3. The average Bonchev–Trinajstić information content (AvgIpc) is 2.60. The first-order valence-corrected chi connectivity index (χ1v) is 8.71. The van der Waals surface area contributed by atoms with E-state index < -0.39 is 17.7 Å². The number of carbonyl (C=O) groups excluding carboxylic acids is 1. The zero-order valence-electron chi connectivity index (χ0n) is 15.6. The summed E-state index contributed by atoms with van der Waals surface area (Å²) in [6.45, 7) is 3.89. The molecule has 148 valence electrons. The lowest BCUT2D eigenvalue weighted by molar-refractivity contribution is -0.274. The van der Waals surface area contributed by atoms with E-state index in [9.17, 15) is 23.2 Å². The summed E-state index contributed by atoms with van der Waals surface area (Å²) in [6.07, 6.45) is -4.39. The van der Waals surface area contributed by atoms with Crippen LogP contribution in [0.15, 0.2) is 48.5 Å². The molecule has 0 spiro atoms. The Bertz CT molecular complexity index is 870. The number of nitrogens with two attached hydrogens (primary N) is 1. The van der Waals surface area contributed by atoms with Gasteiger partial charge in [0.05, 0.1) is 17.9 Å². The van der Waals surface area contributed by atoms with Crippen LogP contribution in [0.2, 0.25) is 0 Å². The Labute approximate surface area is 161 Å². The highest BCUT2D eigenvalue weighted by Gasteiger charge is 2.39. The van der Waals surface area contributed by atoms with Crippen LogP contribution in [0.1, 0.15) is 32.3 Å². The lowest BCUT2D eigenvalue weighted by Gasteiger charge is -2.31. The zero-order chi connectivity index (χ0) is 20.9. The van der Waals surface area contributed by atoms with E-state index in [1.54, 1.807) is 24.3 Å². The lowest BCUT2D eigenvalue weighted by Crippen LogP contribution is -2.42. The molecule has 0 saturated heterocycles. The molecule has 0 aliphatic rings. The van der Waals surface area contributed by atoms with Gasteiger partial charge in [-0.2, -0.15) is 5.26 Å². The SMILES string of the molecule is CC(C)CC(CC#N)(C(N)=O)c1cccc(-c2ccc(OC(F)(F)F)cc2)c1. The second-order valence-corrected chi connectivity index (χ2v) is 7.03. The highest BCUT2D eigenvalue weighted by atomic mass is 19.4. The number of nitrogens with zero attached hydrogens (tertiary/aromatic N) is 1. The number of rotatable bonds is 7. The molecule has 0 aromatic heterocycles. The number of carbonyl (C=O) groups is 1. The van der Waals surface area contributed by atoms with Gasteiger partial charge in [0.25, 0.3) is 0 Å². The van der Waals surface area contributed by atoms with Gasteiger partial charge in [-0.1, -0.05) is 50.2 Å². The van der Waals surface area contributed by atoms with Crippen LogP contribution in [-0.4, -0.2) is 12.3 Å². The first-order chi connectivity index (χ1) is 13.1. The third kappa shape index (κ3) is 5.03. The lowest BCUT2D eigenvalue weighted by atomic mass is 9.71. The van der Waals surface area contributed by atoms with Crippen molar-refractivity contribution in [2.75, 3.05) is 0 Å². The Kier molecular flexibility index (Phi) is 6.34. The summed E-state index contributed by atoms with van der Waals surface area (Å²) >= 11 is 0. The van der Waals surface area contributed by atoms with Crippen molar-refractivity contribution in [1.82, 2.24) is 0 Å². The maximum absolute atomic E-state index is 12.3. The number of nitriles is 1. The maximum atomic E-state index is 12.3. The van der Waals surface area contributed by atoms with Gasteiger partial charge in [-0.05, 0) is 41.2 Å². The van der Waals surface area contributed by atoms with E-state index in [1.165, 1.54) is 24.3 Å². The maximum Gasteiger partial charge on any atom is 0.573 e. The molecule has 0 fully saturated rings. The number of ether oxygens (including phenoxy) is 1. The number of primary amides is 1. The predicted molar refractivity (Wildman–Crippen MR) is 99.1 cm³/mol. The van der Waals surface area contributed by atoms with Crippen molar-refractivity contribution >= 4 is 5.91 Å². The molecule has 0 aliphatic heterocycles. The standard InChI is InChI=1S/C21H21F3N2O2/c1-14(2)13-20(10-11-25,19(26)27)17-5-3-4-16(12-17)15-6-8-18(9-7-15)28-21(22,23)24/h3-9,12,14H,10,13H2,1-2H3,(H2,26,27). The van der Waals surface area contributed by atoms with Gasteiger partial charge in [-0.15, -0.1) is 13.2 Å². The van der Waals surface area contributed by atoms with Crippen LogP contribution in [0.4, 0.5) is 13.2 Å². The van der Waals surface area contributed by atoms with Crippen LogP contribution in [0.25, 0.3) is 11.1 Å². The number of hydrogen-bond donors (Lipinski definition) is 1. The molecule has 1 atom stereocenters. The normalized spacial score (nSPS) is 13.6. The molecule has 0 radical (unpaired) electrons. The van der Waals surface area contributed by atoms with Crippen molar-refractivity contribution in [2.24, 2.45) is 11.7 Å². The molecule has 1 unspecified atom stereocenters. The van der Waals surface area contributed by atoms with Gasteiger partial charge < -0.3 is 10.5 Å². The van der Waals surface area contributed by atoms with Crippen molar-refractivity contribution in [3.8, 4) is 22.9 Å². The van der Waals surface area contributed by atoms with Crippen LogP contribution >= 0.6 is 0 Å². The fraction of sp³-hybridized carbons (Fsp3) is 0.333. The number of amides is 1. The Morgan fingerprint density at radius 1 is 1.14 bits per heavy atom. The van der Waals surface area contributed by atoms with Gasteiger partial charge in [-0.25, -0.2) is 0 Å². The Morgan fingerprint density at radius 2 is 1.79 bits per heavy atom. The minimum atomic E-state index is -4.75. The zero-order valence-corrected chi connectivity index (χ0v) is 15.6. The molecule has 0 saturated carbocycles. The first kappa shape index (κ1) is 21.3. The summed E-state index contributed by atoms with van der Waals surface area (Å²) in [7, 11) is 0. The molecule has 1 amide bonds. The molecule has 2 aromatic carbocycles. The third-order valence-electron chi connectivity index (χ3n) is 4.45. The summed E-state index contributed by atoms with van der Waals surface area (Å²) < 4.78 is 40.8. The monoisotopic (exact) mass is 390 g/mol. The van der Waals surface area contributed by atoms with Crippen LogP contribution in [0, 0.1) is 17.2 Å². The minimum Gasteiger partial charge on any atom is -0.406 e. The van der Waals surface area contributed by atoms with Crippen LogP contribution in [-0.2, 0) is 10.2 Å². The topological polar surface area (TPSA) is 76.1 Å². The van der Waals surface area contributed by atoms with Crippen LogP contribution < -0.4 is 10.5 Å². The minimum absolute atomic E-state index is 0.0532. The molecule has 2 N–H and O–H groups in total. The molecule has 28 heavy (non-hydrogen) atoms. The van der Waals surface area contributed by atoms with E-state index in [-0.39, 0.29) is 18.1 Å². The van der Waals surface area contributed by atoms with E-state index in [2.05, 4.69) is 10.8 Å². The average molecular weight is 390 g/mol. The quantitative estimate of drug-likeness (QED) is 0.728. The van der Waals surface area contributed by atoms with E-state index in [1.807, 2.05) is 13.8 Å². The number of halogens is 3. The van der Waals surface area contributed by atoms with Crippen molar-refractivity contribution in [2.45, 2.75) is 38.5 Å². The summed E-state index contributed by atoms with van der Waals surface area (Å²) in [5.41, 5.74) is 6.53. The van der Waals surface area contributed by atoms with Gasteiger partial charge in [0.2, 0.25) is 5.91 Å². The first-order valence-electron chi connectivity index (χ1n) is 8.71. The number of alkyl halides is 3. The van der Waals surface area contributed by atoms with E-state index in [0.717, 1.165) is 0 Å². The molecule has 2 rings (SSSR count). The smallest absolute Gasteiger partial charge is 0.406 e. The summed E-state index contributed by atoms with van der Waals surface area (Å²) in [6, 6.07) is 14.5. The molecular weight excluding hydrogens is 369 g/mol. The highest BCUT2D eigenvalue weighted by Crippen LogP contribution is 2.37. The van der Waals surface area contributed by atoms with Gasteiger partial charge >= 0.3 is 6.36 Å². The van der Waals surface area contributed by atoms with Crippen LogP contribution in [0.3, 0.4) is 0 Å². The van der Waals surface area contributed by atoms with Gasteiger partial charge in [0.15, 0.2) is 0 Å². The molecule has 0 heterocycles. The van der Waals surface area contributed by atoms with Crippen molar-refractivity contribution in [3.05, 3.63) is 54.1 Å².